The molecule has 6 atom stereocenters. The average molecular weight is 484 g/mol. The molecule has 172 valence electrons. The first kappa shape index (κ1) is 21.3. The molecule has 4 saturated carbocycles. The van der Waals surface area contributed by atoms with Gasteiger partial charge < -0.3 is 10.1 Å². The second-order valence-electron chi connectivity index (χ2n) is 9.97. The molecule has 6 unspecified atom stereocenters. The first-order chi connectivity index (χ1) is 16.0. The molecule has 0 spiro atoms. The van der Waals surface area contributed by atoms with Crippen molar-refractivity contribution in [1.29, 1.82) is 0 Å². The van der Waals surface area contributed by atoms with Gasteiger partial charge in [-0.05, 0) is 85.3 Å². The molecule has 7 rings (SSSR count). The van der Waals surface area contributed by atoms with Gasteiger partial charge in [-0.25, -0.2) is 0 Å². The van der Waals surface area contributed by atoms with Crippen molar-refractivity contribution in [2.24, 2.45) is 28.8 Å². The van der Waals surface area contributed by atoms with Gasteiger partial charge in [-0.2, -0.15) is 5.10 Å². The van der Waals surface area contributed by atoms with Crippen molar-refractivity contribution in [3.8, 4) is 5.75 Å². The molecule has 0 aromatic heterocycles. The zero-order valence-corrected chi connectivity index (χ0v) is 20.0. The Balaban J connectivity index is 1.28. The summed E-state index contributed by atoms with van der Waals surface area (Å²) in [5, 5.41) is 11.1. The van der Waals surface area contributed by atoms with E-state index in [1.165, 1.54) is 25.7 Å². The van der Waals surface area contributed by atoms with Crippen molar-refractivity contribution in [2.45, 2.75) is 44.2 Å². The van der Waals surface area contributed by atoms with Gasteiger partial charge >= 0.3 is 0 Å². The molecule has 2 aromatic rings. The second kappa shape index (κ2) is 8.21. The van der Waals surface area contributed by atoms with Gasteiger partial charge in [0.15, 0.2) is 0 Å². The minimum atomic E-state index is -0.133. The van der Waals surface area contributed by atoms with Gasteiger partial charge in [0.1, 0.15) is 11.5 Å². The normalized spacial score (nSPS) is 31.7. The van der Waals surface area contributed by atoms with E-state index in [0.29, 0.717) is 40.1 Å². The van der Waals surface area contributed by atoms with Crippen LogP contribution >= 0.6 is 23.2 Å². The zero-order valence-electron chi connectivity index (χ0n) is 18.5. The first-order valence-corrected chi connectivity index (χ1v) is 12.5. The predicted molar refractivity (Wildman–Crippen MR) is 131 cm³/mol. The van der Waals surface area contributed by atoms with Crippen LogP contribution in [-0.4, -0.2) is 24.8 Å². The summed E-state index contributed by atoms with van der Waals surface area (Å²) in [7, 11) is 1.65. The fraction of sp³-hybridized carbons (Fsp3) is 0.462. The predicted octanol–water partition coefficient (Wildman–Crippen LogP) is 5.86. The van der Waals surface area contributed by atoms with Crippen molar-refractivity contribution in [3.63, 3.8) is 0 Å². The number of nitrogens with zero attached hydrogens (tertiary/aromatic N) is 2. The molecule has 0 saturated heterocycles. The Morgan fingerprint density at radius 2 is 1.85 bits per heavy atom. The van der Waals surface area contributed by atoms with E-state index in [0.717, 1.165) is 28.8 Å². The molecule has 1 heterocycles. The van der Waals surface area contributed by atoms with E-state index in [1.807, 2.05) is 35.3 Å². The van der Waals surface area contributed by atoms with Gasteiger partial charge in [-0.15, -0.1) is 0 Å². The fourth-order valence-corrected chi connectivity index (χ4v) is 7.31. The quantitative estimate of drug-likeness (QED) is 0.579. The summed E-state index contributed by atoms with van der Waals surface area (Å²) in [5.41, 5.74) is 2.34. The van der Waals surface area contributed by atoms with Crippen LogP contribution in [0, 0.1) is 23.7 Å². The second-order valence-corrected chi connectivity index (χ2v) is 10.8. The summed E-state index contributed by atoms with van der Waals surface area (Å²) in [5.74, 6) is 3.73. The Kier molecular flexibility index (Phi) is 5.30. The molecule has 4 aliphatic carbocycles. The number of rotatable bonds is 5. The molecule has 1 aliphatic heterocycles. The number of carbonyl (C=O) groups is 1. The lowest BCUT2D eigenvalue weighted by molar-refractivity contribution is -0.116. The van der Waals surface area contributed by atoms with Crippen LogP contribution in [0.4, 0.5) is 5.69 Å². The number of nitrogens with one attached hydrogen (secondary N) is 1. The summed E-state index contributed by atoms with van der Waals surface area (Å²) in [6, 6.07) is 13.4. The molecular formula is C26H27Cl2N3O2. The van der Waals surface area contributed by atoms with Crippen LogP contribution in [0.5, 0.6) is 5.75 Å². The van der Waals surface area contributed by atoms with E-state index in [-0.39, 0.29) is 11.9 Å². The van der Waals surface area contributed by atoms with Crippen LogP contribution < -0.4 is 15.1 Å². The van der Waals surface area contributed by atoms with Crippen LogP contribution in [0.1, 0.15) is 43.7 Å². The highest BCUT2D eigenvalue weighted by atomic mass is 35.5. The molecule has 33 heavy (non-hydrogen) atoms. The van der Waals surface area contributed by atoms with E-state index < -0.39 is 0 Å². The number of halogens is 2. The molecule has 2 aromatic carbocycles. The van der Waals surface area contributed by atoms with E-state index in [2.05, 4.69) is 5.32 Å². The standard InChI is InChI=1S/C26H27Cl2N3O2/c1-33-19-5-2-15(3-6-19)24-13-22(30-31(24)23-7-4-18(27)12-21(23)28)26(32)29-25-17-9-14-8-16(11-17)20(25)10-14/h2-7,12,14,16-17,20,24-25H,8-11,13H2,1H3,(H,29,32). The number of benzene rings is 2. The molecule has 5 aliphatic rings. The summed E-state index contributed by atoms with van der Waals surface area (Å²) in [6.45, 7) is 0. The van der Waals surface area contributed by atoms with Crippen LogP contribution in [0.25, 0.3) is 0 Å². The Morgan fingerprint density at radius 3 is 2.58 bits per heavy atom. The molecule has 4 bridgehead atoms. The molecule has 4 fully saturated rings. The van der Waals surface area contributed by atoms with Crippen molar-refractivity contribution in [3.05, 3.63) is 58.1 Å². The van der Waals surface area contributed by atoms with Gasteiger partial charge in [-0.1, -0.05) is 35.3 Å². The van der Waals surface area contributed by atoms with Gasteiger partial charge in [0.25, 0.3) is 5.91 Å². The minimum Gasteiger partial charge on any atom is -0.497 e. The van der Waals surface area contributed by atoms with Crippen molar-refractivity contribution >= 4 is 40.5 Å². The maximum Gasteiger partial charge on any atom is 0.267 e. The topological polar surface area (TPSA) is 53.9 Å². The Bertz CT molecular complexity index is 1120. The molecule has 7 heteroatoms. The van der Waals surface area contributed by atoms with Crippen molar-refractivity contribution < 1.29 is 9.53 Å². The lowest BCUT2D eigenvalue weighted by Crippen LogP contribution is -2.46. The molecular weight excluding hydrogens is 457 g/mol. The van der Waals surface area contributed by atoms with Gasteiger partial charge in [-0.3, -0.25) is 9.80 Å². The fourth-order valence-electron chi connectivity index (χ4n) is 6.82. The third kappa shape index (κ3) is 3.70. The molecule has 5 nitrogen and oxygen atoms in total. The number of hydrazone groups is 1. The van der Waals surface area contributed by atoms with Crippen LogP contribution in [0.2, 0.25) is 10.0 Å². The van der Waals surface area contributed by atoms with Crippen molar-refractivity contribution in [2.75, 3.05) is 12.1 Å². The van der Waals surface area contributed by atoms with Gasteiger partial charge in [0.05, 0.1) is 23.9 Å². The number of hydrogen-bond acceptors (Lipinski definition) is 4. The highest BCUT2D eigenvalue weighted by Gasteiger charge is 2.54. The summed E-state index contributed by atoms with van der Waals surface area (Å²) in [6.07, 6.45) is 5.70. The highest BCUT2D eigenvalue weighted by molar-refractivity contribution is 6.40. The molecule has 0 radical (unpaired) electrons. The van der Waals surface area contributed by atoms with E-state index in [9.17, 15) is 4.79 Å². The number of amides is 1. The Hall–Kier alpha value is -2.24. The number of methoxy groups -OCH3 is 1. The van der Waals surface area contributed by atoms with Gasteiger partial charge in [0, 0.05) is 17.5 Å². The number of hydrogen-bond donors (Lipinski definition) is 1. The van der Waals surface area contributed by atoms with E-state index in [1.54, 1.807) is 19.2 Å². The first-order valence-electron chi connectivity index (χ1n) is 11.8. The van der Waals surface area contributed by atoms with Crippen LogP contribution in [-0.2, 0) is 4.79 Å². The maximum atomic E-state index is 13.4. The highest BCUT2D eigenvalue weighted by Crippen LogP contribution is 2.58. The number of carbonyl (C=O) groups excluding carboxylic acids is 1. The number of ether oxygens (including phenoxy) is 1. The van der Waals surface area contributed by atoms with Crippen LogP contribution in [0.15, 0.2) is 47.6 Å². The summed E-state index contributed by atoms with van der Waals surface area (Å²) < 4.78 is 5.32. The monoisotopic (exact) mass is 483 g/mol. The number of anilines is 1. The molecule has 1 amide bonds. The van der Waals surface area contributed by atoms with Gasteiger partial charge in [0.2, 0.25) is 0 Å². The van der Waals surface area contributed by atoms with E-state index in [4.69, 9.17) is 33.0 Å². The zero-order chi connectivity index (χ0) is 22.7. The Morgan fingerprint density at radius 1 is 1.06 bits per heavy atom. The van der Waals surface area contributed by atoms with Crippen molar-refractivity contribution in [1.82, 2.24) is 5.32 Å². The Labute approximate surface area is 204 Å². The van der Waals surface area contributed by atoms with E-state index >= 15 is 0 Å². The van der Waals surface area contributed by atoms with Crippen LogP contribution in [0.3, 0.4) is 0 Å². The molecule has 1 N–H and O–H groups in total. The third-order valence-electron chi connectivity index (χ3n) is 8.19. The lowest BCUT2D eigenvalue weighted by Gasteiger charge is -2.32. The maximum absolute atomic E-state index is 13.4. The smallest absolute Gasteiger partial charge is 0.267 e. The SMILES string of the molecule is COc1ccc(C2CC(C(=O)NC3C4CC5CC(C4)C3C5)=NN2c2ccc(Cl)cc2Cl)cc1. The average Bonchev–Trinajstić information content (AvgIpc) is 3.44. The minimum absolute atomic E-state index is 0.0397. The summed E-state index contributed by atoms with van der Waals surface area (Å²) in [4.78, 5) is 13.4. The lowest BCUT2D eigenvalue weighted by atomic mass is 9.79. The largest absolute Gasteiger partial charge is 0.497 e. The summed E-state index contributed by atoms with van der Waals surface area (Å²) >= 11 is 12.7. The third-order valence-corrected chi connectivity index (χ3v) is 8.72.